The summed E-state index contributed by atoms with van der Waals surface area (Å²) in [6, 6.07) is 13.0. The first-order valence-corrected chi connectivity index (χ1v) is 6.89. The van der Waals surface area contributed by atoms with Gasteiger partial charge in [0.1, 0.15) is 0 Å². The molecule has 2 heteroatoms. The number of nitriles is 1. The molecular weight excluding hydrogens is 232 g/mol. The molecule has 0 spiro atoms. The van der Waals surface area contributed by atoms with Crippen LogP contribution in [-0.2, 0) is 6.42 Å². The van der Waals surface area contributed by atoms with Crippen LogP contribution in [0.2, 0.25) is 0 Å². The highest BCUT2D eigenvalue weighted by Crippen LogP contribution is 2.33. The highest BCUT2D eigenvalue weighted by molar-refractivity contribution is 5.15. The molecule has 0 aliphatic carbocycles. The van der Waals surface area contributed by atoms with Crippen molar-refractivity contribution in [2.45, 2.75) is 25.7 Å². The predicted molar refractivity (Wildman–Crippen MR) is 77.3 cm³/mol. The molecular formula is C17H20N2. The van der Waals surface area contributed by atoms with Crippen LogP contribution in [0.3, 0.4) is 0 Å². The Hall–Kier alpha value is -1.77. The van der Waals surface area contributed by atoms with Gasteiger partial charge in [-0.3, -0.25) is 0 Å². The van der Waals surface area contributed by atoms with E-state index in [0.717, 1.165) is 38.9 Å². The standard InChI is InChI=1S/C17H20N2/c1-2-9-17(15-18)10-13-19(14-11-17)12-8-16-6-4-3-5-7-16/h1,3-7H,8-14H2. The summed E-state index contributed by atoms with van der Waals surface area (Å²) in [5.41, 5.74) is 1.11. The molecule has 0 aromatic heterocycles. The van der Waals surface area contributed by atoms with Crippen LogP contribution in [-0.4, -0.2) is 24.5 Å². The third kappa shape index (κ3) is 3.60. The smallest absolute Gasteiger partial charge is 0.0707 e. The number of nitrogens with zero attached hydrogens (tertiary/aromatic N) is 2. The molecule has 0 amide bonds. The topological polar surface area (TPSA) is 27.0 Å². The van der Waals surface area contributed by atoms with Gasteiger partial charge in [-0.05, 0) is 37.9 Å². The molecule has 19 heavy (non-hydrogen) atoms. The number of hydrogen-bond donors (Lipinski definition) is 0. The van der Waals surface area contributed by atoms with Crippen LogP contribution in [0.25, 0.3) is 0 Å². The van der Waals surface area contributed by atoms with E-state index in [1.165, 1.54) is 5.56 Å². The second-order valence-electron chi connectivity index (χ2n) is 5.35. The third-order valence-corrected chi connectivity index (χ3v) is 4.05. The third-order valence-electron chi connectivity index (χ3n) is 4.05. The molecule has 1 aromatic carbocycles. The summed E-state index contributed by atoms with van der Waals surface area (Å²) in [5, 5.41) is 9.30. The Balaban J connectivity index is 1.81. The molecule has 0 unspecified atom stereocenters. The second kappa shape index (κ2) is 6.41. The fourth-order valence-corrected chi connectivity index (χ4v) is 2.66. The van der Waals surface area contributed by atoms with E-state index in [9.17, 15) is 5.26 Å². The summed E-state index contributed by atoms with van der Waals surface area (Å²) in [6.07, 6.45) is 8.86. The van der Waals surface area contributed by atoms with Gasteiger partial charge in [-0.25, -0.2) is 0 Å². The number of benzene rings is 1. The maximum atomic E-state index is 9.30. The second-order valence-corrected chi connectivity index (χ2v) is 5.35. The molecule has 1 aliphatic rings. The monoisotopic (exact) mass is 252 g/mol. The SMILES string of the molecule is C#CCC1(C#N)CCN(CCc2ccccc2)CC1. The summed E-state index contributed by atoms with van der Waals surface area (Å²) >= 11 is 0. The average Bonchev–Trinajstić information content (AvgIpc) is 2.48. The highest BCUT2D eigenvalue weighted by Gasteiger charge is 2.33. The fourth-order valence-electron chi connectivity index (χ4n) is 2.66. The van der Waals surface area contributed by atoms with Gasteiger partial charge in [0.15, 0.2) is 0 Å². The highest BCUT2D eigenvalue weighted by atomic mass is 15.1. The minimum Gasteiger partial charge on any atom is -0.303 e. The van der Waals surface area contributed by atoms with Gasteiger partial charge in [0.25, 0.3) is 0 Å². The van der Waals surface area contributed by atoms with Crippen LogP contribution in [0.15, 0.2) is 30.3 Å². The molecule has 0 saturated carbocycles. The van der Waals surface area contributed by atoms with Crippen molar-refractivity contribution in [1.82, 2.24) is 4.90 Å². The average molecular weight is 252 g/mol. The van der Waals surface area contributed by atoms with Crippen molar-refractivity contribution in [3.05, 3.63) is 35.9 Å². The summed E-state index contributed by atoms with van der Waals surface area (Å²) in [7, 11) is 0. The molecule has 0 bridgehead atoms. The van der Waals surface area contributed by atoms with Crippen LogP contribution >= 0.6 is 0 Å². The number of piperidine rings is 1. The van der Waals surface area contributed by atoms with Gasteiger partial charge in [-0.2, -0.15) is 5.26 Å². The lowest BCUT2D eigenvalue weighted by atomic mass is 9.77. The Labute approximate surface area is 116 Å². The van der Waals surface area contributed by atoms with E-state index >= 15 is 0 Å². The summed E-state index contributed by atoms with van der Waals surface area (Å²) < 4.78 is 0. The van der Waals surface area contributed by atoms with Crippen molar-refractivity contribution in [2.75, 3.05) is 19.6 Å². The predicted octanol–water partition coefficient (Wildman–Crippen LogP) is 2.86. The summed E-state index contributed by atoms with van der Waals surface area (Å²) in [5.74, 6) is 2.66. The normalized spacial score (nSPS) is 18.4. The van der Waals surface area contributed by atoms with E-state index in [2.05, 4.69) is 41.2 Å². The van der Waals surface area contributed by atoms with E-state index < -0.39 is 0 Å². The van der Waals surface area contributed by atoms with Gasteiger partial charge >= 0.3 is 0 Å². The van der Waals surface area contributed by atoms with Crippen molar-refractivity contribution >= 4 is 0 Å². The molecule has 2 rings (SSSR count). The van der Waals surface area contributed by atoms with Crippen molar-refractivity contribution in [3.8, 4) is 18.4 Å². The largest absolute Gasteiger partial charge is 0.303 e. The lowest BCUT2D eigenvalue weighted by Crippen LogP contribution is -2.40. The molecule has 0 N–H and O–H groups in total. The van der Waals surface area contributed by atoms with Gasteiger partial charge in [-0.1, -0.05) is 30.3 Å². The molecule has 1 aromatic rings. The Morgan fingerprint density at radius 2 is 1.89 bits per heavy atom. The first-order chi connectivity index (χ1) is 9.28. The molecule has 1 saturated heterocycles. The number of hydrogen-bond acceptors (Lipinski definition) is 2. The zero-order chi connectivity index (χ0) is 13.6. The minimum absolute atomic E-state index is 0.266. The Morgan fingerprint density at radius 1 is 1.21 bits per heavy atom. The van der Waals surface area contributed by atoms with Gasteiger partial charge in [0, 0.05) is 13.0 Å². The van der Waals surface area contributed by atoms with Crippen molar-refractivity contribution in [3.63, 3.8) is 0 Å². The first-order valence-electron chi connectivity index (χ1n) is 6.89. The molecule has 98 valence electrons. The van der Waals surface area contributed by atoms with Crippen LogP contribution in [0.5, 0.6) is 0 Å². The maximum Gasteiger partial charge on any atom is 0.0707 e. The molecule has 0 radical (unpaired) electrons. The van der Waals surface area contributed by atoms with Crippen molar-refractivity contribution in [1.29, 1.82) is 5.26 Å². The van der Waals surface area contributed by atoms with E-state index in [1.807, 2.05) is 6.07 Å². The zero-order valence-corrected chi connectivity index (χ0v) is 11.3. The Kier molecular flexibility index (Phi) is 4.61. The van der Waals surface area contributed by atoms with E-state index in [1.54, 1.807) is 0 Å². The van der Waals surface area contributed by atoms with Crippen molar-refractivity contribution < 1.29 is 0 Å². The summed E-state index contributed by atoms with van der Waals surface area (Å²) in [4.78, 5) is 2.44. The molecule has 0 atom stereocenters. The van der Waals surface area contributed by atoms with Crippen LogP contribution < -0.4 is 0 Å². The zero-order valence-electron chi connectivity index (χ0n) is 11.3. The van der Waals surface area contributed by atoms with Gasteiger partial charge in [-0.15, -0.1) is 12.3 Å². The summed E-state index contributed by atoms with van der Waals surface area (Å²) in [6.45, 7) is 3.05. The number of terminal acetylenes is 1. The molecule has 2 nitrogen and oxygen atoms in total. The maximum absolute atomic E-state index is 9.30. The first kappa shape index (κ1) is 13.7. The molecule has 1 fully saturated rings. The van der Waals surface area contributed by atoms with Crippen LogP contribution in [0.1, 0.15) is 24.8 Å². The molecule has 1 heterocycles. The Bertz CT molecular complexity index is 470. The fraction of sp³-hybridized carbons (Fsp3) is 0.471. The quantitative estimate of drug-likeness (QED) is 0.770. The number of rotatable bonds is 4. The lowest BCUT2D eigenvalue weighted by molar-refractivity contribution is 0.149. The van der Waals surface area contributed by atoms with Gasteiger partial charge < -0.3 is 4.90 Å². The number of likely N-dealkylation sites (tertiary alicyclic amines) is 1. The van der Waals surface area contributed by atoms with Crippen molar-refractivity contribution in [2.24, 2.45) is 5.41 Å². The molecule has 1 aliphatic heterocycles. The lowest BCUT2D eigenvalue weighted by Gasteiger charge is -2.36. The van der Waals surface area contributed by atoms with E-state index in [0.29, 0.717) is 6.42 Å². The van der Waals surface area contributed by atoms with Gasteiger partial charge in [0.2, 0.25) is 0 Å². The van der Waals surface area contributed by atoms with E-state index in [4.69, 9.17) is 6.42 Å². The van der Waals surface area contributed by atoms with Crippen LogP contribution in [0.4, 0.5) is 0 Å². The Morgan fingerprint density at radius 3 is 2.47 bits per heavy atom. The van der Waals surface area contributed by atoms with Crippen LogP contribution in [0, 0.1) is 29.1 Å². The van der Waals surface area contributed by atoms with Gasteiger partial charge in [0.05, 0.1) is 11.5 Å². The van der Waals surface area contributed by atoms with E-state index in [-0.39, 0.29) is 5.41 Å². The minimum atomic E-state index is -0.266.